The van der Waals surface area contributed by atoms with E-state index < -0.39 is 5.54 Å². The van der Waals surface area contributed by atoms with Gasteiger partial charge in [-0.25, -0.2) is 4.79 Å². The molecule has 19 heavy (non-hydrogen) atoms. The van der Waals surface area contributed by atoms with Gasteiger partial charge in [0.2, 0.25) is 0 Å². The second-order valence-electron chi connectivity index (χ2n) is 5.01. The molecule has 0 aliphatic carbocycles. The highest BCUT2D eigenvalue weighted by Gasteiger charge is 2.32. The minimum atomic E-state index is -0.812. The van der Waals surface area contributed by atoms with Gasteiger partial charge in [0.05, 0.1) is 12.1 Å². The molecule has 0 radical (unpaired) electrons. The molecule has 1 heterocycles. The van der Waals surface area contributed by atoms with Crippen molar-refractivity contribution in [2.45, 2.75) is 33.2 Å². The number of ether oxygens (including phenoxy) is 1. The number of carbonyl (C=O) groups excluding carboxylic acids is 1. The summed E-state index contributed by atoms with van der Waals surface area (Å²) in [5.74, 6) is -0.278. The van der Waals surface area contributed by atoms with Crippen molar-refractivity contribution >= 4 is 32.8 Å². The first kappa shape index (κ1) is 14.1. The van der Waals surface area contributed by atoms with Gasteiger partial charge in [-0.15, -0.1) is 0 Å². The maximum absolute atomic E-state index is 12.0. The highest BCUT2D eigenvalue weighted by Crippen LogP contribution is 2.26. The van der Waals surface area contributed by atoms with E-state index in [0.717, 1.165) is 20.9 Å². The first-order valence-corrected chi connectivity index (χ1v) is 6.98. The average molecular weight is 325 g/mol. The normalized spacial score (nSPS) is 11.8. The molecule has 0 N–H and O–H groups in total. The van der Waals surface area contributed by atoms with E-state index in [1.165, 1.54) is 0 Å². The van der Waals surface area contributed by atoms with Crippen LogP contribution in [0.1, 0.15) is 26.3 Å². The number of nitrogens with zero attached hydrogens (tertiary/aromatic N) is 2. The number of hydrogen-bond acceptors (Lipinski definition) is 3. The molecule has 2 aromatic rings. The lowest BCUT2D eigenvalue weighted by molar-refractivity contribution is -0.152. The van der Waals surface area contributed by atoms with Crippen molar-refractivity contribution in [3.05, 3.63) is 28.4 Å². The Morgan fingerprint density at radius 1 is 1.47 bits per heavy atom. The van der Waals surface area contributed by atoms with Gasteiger partial charge in [-0.3, -0.25) is 4.68 Å². The zero-order valence-electron chi connectivity index (χ0n) is 11.5. The maximum atomic E-state index is 12.0. The molecule has 0 bridgehead atoms. The molecule has 2 rings (SSSR count). The number of fused-ring (bicyclic) bond motifs is 1. The molecule has 0 fully saturated rings. The van der Waals surface area contributed by atoms with E-state index >= 15 is 0 Å². The molecular formula is C14H17BrN2O2. The summed E-state index contributed by atoms with van der Waals surface area (Å²) in [6.45, 7) is 7.78. The molecule has 5 heteroatoms. The van der Waals surface area contributed by atoms with Crippen LogP contribution in [-0.4, -0.2) is 22.4 Å². The highest BCUT2D eigenvalue weighted by molar-refractivity contribution is 9.10. The fourth-order valence-electron chi connectivity index (χ4n) is 1.95. The number of aromatic nitrogens is 2. The predicted octanol–water partition coefficient (Wildman–Crippen LogP) is 3.41. The third kappa shape index (κ3) is 2.52. The average Bonchev–Trinajstić information content (AvgIpc) is 2.73. The molecule has 1 aromatic carbocycles. The van der Waals surface area contributed by atoms with Crippen molar-refractivity contribution in [2.75, 3.05) is 6.61 Å². The van der Waals surface area contributed by atoms with Gasteiger partial charge in [0.25, 0.3) is 0 Å². The Hall–Kier alpha value is -1.36. The molecule has 0 saturated carbocycles. The number of esters is 1. The number of hydrogen-bond donors (Lipinski definition) is 0. The van der Waals surface area contributed by atoms with Crippen LogP contribution in [0.4, 0.5) is 0 Å². The van der Waals surface area contributed by atoms with Crippen LogP contribution >= 0.6 is 15.9 Å². The molecule has 0 amide bonds. The van der Waals surface area contributed by atoms with Crippen molar-refractivity contribution < 1.29 is 9.53 Å². The molecule has 102 valence electrons. The number of carbonyl (C=O) groups is 1. The van der Waals surface area contributed by atoms with Gasteiger partial charge in [-0.1, -0.05) is 15.9 Å². The van der Waals surface area contributed by atoms with Crippen molar-refractivity contribution in [3.63, 3.8) is 0 Å². The van der Waals surface area contributed by atoms with E-state index in [9.17, 15) is 4.79 Å². The summed E-state index contributed by atoms with van der Waals surface area (Å²) >= 11 is 3.47. The SMILES string of the molecule is CCOC(=O)C(C)(C)n1cc2cc(Br)cc(C)c2n1. The van der Waals surface area contributed by atoms with Crippen LogP contribution in [0.5, 0.6) is 0 Å². The van der Waals surface area contributed by atoms with Gasteiger partial charge < -0.3 is 4.74 Å². The smallest absolute Gasteiger partial charge is 0.333 e. The molecule has 0 saturated heterocycles. The minimum absolute atomic E-state index is 0.278. The van der Waals surface area contributed by atoms with E-state index in [1.807, 2.05) is 25.3 Å². The fraction of sp³-hybridized carbons (Fsp3) is 0.429. The predicted molar refractivity (Wildman–Crippen MR) is 78.1 cm³/mol. The van der Waals surface area contributed by atoms with Crippen LogP contribution in [-0.2, 0) is 15.1 Å². The van der Waals surface area contributed by atoms with E-state index in [1.54, 1.807) is 25.5 Å². The summed E-state index contributed by atoms with van der Waals surface area (Å²) in [6, 6.07) is 4.00. The standard InChI is InChI=1S/C14H17BrN2O2/c1-5-19-13(18)14(3,4)17-8-10-7-11(15)6-9(2)12(10)16-17/h6-8H,5H2,1-4H3. The molecule has 0 aliphatic rings. The third-order valence-electron chi connectivity index (χ3n) is 3.11. The topological polar surface area (TPSA) is 44.1 Å². The van der Waals surface area contributed by atoms with Gasteiger partial charge in [-0.05, 0) is 45.4 Å². The zero-order chi connectivity index (χ0) is 14.2. The molecule has 4 nitrogen and oxygen atoms in total. The van der Waals surface area contributed by atoms with Crippen molar-refractivity contribution in [1.29, 1.82) is 0 Å². The lowest BCUT2D eigenvalue weighted by atomic mass is 10.1. The van der Waals surface area contributed by atoms with Gasteiger partial charge in [0.15, 0.2) is 5.54 Å². The van der Waals surface area contributed by atoms with E-state index in [2.05, 4.69) is 21.0 Å². The number of rotatable bonds is 3. The molecule has 0 unspecified atom stereocenters. The van der Waals surface area contributed by atoms with E-state index in [4.69, 9.17) is 4.74 Å². The fourth-order valence-corrected chi connectivity index (χ4v) is 2.54. The zero-order valence-corrected chi connectivity index (χ0v) is 13.1. The van der Waals surface area contributed by atoms with Gasteiger partial charge in [0.1, 0.15) is 0 Å². The van der Waals surface area contributed by atoms with Crippen LogP contribution < -0.4 is 0 Å². The first-order valence-electron chi connectivity index (χ1n) is 6.19. The van der Waals surface area contributed by atoms with Gasteiger partial charge >= 0.3 is 5.97 Å². The summed E-state index contributed by atoms with van der Waals surface area (Å²) in [7, 11) is 0. The Kier molecular flexibility index (Phi) is 3.67. The Balaban J connectivity index is 2.52. The Morgan fingerprint density at radius 2 is 2.16 bits per heavy atom. The largest absolute Gasteiger partial charge is 0.464 e. The summed E-state index contributed by atoms with van der Waals surface area (Å²) in [5.41, 5.74) is 1.16. The van der Waals surface area contributed by atoms with Crippen molar-refractivity contribution in [3.8, 4) is 0 Å². The molecular weight excluding hydrogens is 308 g/mol. The van der Waals surface area contributed by atoms with E-state index in [0.29, 0.717) is 6.61 Å². The number of aryl methyl sites for hydroxylation is 1. The molecule has 1 aromatic heterocycles. The summed E-state index contributed by atoms with van der Waals surface area (Å²) in [6.07, 6.45) is 1.88. The summed E-state index contributed by atoms with van der Waals surface area (Å²) < 4.78 is 7.78. The lowest BCUT2D eigenvalue weighted by Gasteiger charge is -2.22. The monoisotopic (exact) mass is 324 g/mol. The Labute approximate surface area is 120 Å². The number of benzene rings is 1. The molecule has 0 spiro atoms. The van der Waals surface area contributed by atoms with Crippen LogP contribution in [0, 0.1) is 6.92 Å². The van der Waals surface area contributed by atoms with Crippen LogP contribution in [0.15, 0.2) is 22.8 Å². The third-order valence-corrected chi connectivity index (χ3v) is 3.57. The van der Waals surface area contributed by atoms with Crippen molar-refractivity contribution in [1.82, 2.24) is 9.78 Å². The highest BCUT2D eigenvalue weighted by atomic mass is 79.9. The summed E-state index contributed by atoms with van der Waals surface area (Å²) in [5, 5.41) is 5.53. The first-order chi connectivity index (χ1) is 8.86. The quantitative estimate of drug-likeness (QED) is 0.813. The van der Waals surface area contributed by atoms with E-state index in [-0.39, 0.29) is 5.97 Å². The second-order valence-corrected chi connectivity index (χ2v) is 5.93. The Morgan fingerprint density at radius 3 is 2.79 bits per heavy atom. The van der Waals surface area contributed by atoms with Crippen LogP contribution in [0.3, 0.4) is 0 Å². The number of halogens is 1. The molecule has 0 aliphatic heterocycles. The van der Waals surface area contributed by atoms with Gasteiger partial charge in [0, 0.05) is 16.1 Å². The Bertz CT molecular complexity index is 632. The van der Waals surface area contributed by atoms with Gasteiger partial charge in [-0.2, -0.15) is 5.10 Å². The second kappa shape index (κ2) is 4.96. The van der Waals surface area contributed by atoms with Crippen LogP contribution in [0.2, 0.25) is 0 Å². The lowest BCUT2D eigenvalue weighted by Crippen LogP contribution is -2.37. The molecule has 0 atom stereocenters. The maximum Gasteiger partial charge on any atom is 0.333 e. The summed E-state index contributed by atoms with van der Waals surface area (Å²) in [4.78, 5) is 12.0. The minimum Gasteiger partial charge on any atom is -0.464 e. The van der Waals surface area contributed by atoms with Crippen LogP contribution in [0.25, 0.3) is 10.9 Å². The van der Waals surface area contributed by atoms with Crippen molar-refractivity contribution in [2.24, 2.45) is 0 Å².